The van der Waals surface area contributed by atoms with Gasteiger partial charge in [-0.05, 0) is 43.3 Å². The second kappa shape index (κ2) is 9.37. The largest absolute Gasteiger partial charge is 0.325 e. The van der Waals surface area contributed by atoms with Gasteiger partial charge in [-0.25, -0.2) is 9.37 Å². The minimum atomic E-state index is -0.367. The number of amides is 1. The van der Waals surface area contributed by atoms with Crippen molar-refractivity contribution in [2.24, 2.45) is 0 Å². The Morgan fingerprint density at radius 2 is 1.77 bits per heavy atom. The first kappa shape index (κ1) is 21.2. The number of aryl methyl sites for hydroxylation is 1. The molecule has 156 valence electrons. The molecule has 1 heterocycles. The van der Waals surface area contributed by atoms with E-state index in [0.717, 1.165) is 16.8 Å². The van der Waals surface area contributed by atoms with Gasteiger partial charge in [0.2, 0.25) is 5.91 Å². The van der Waals surface area contributed by atoms with Crippen LogP contribution in [0.25, 0.3) is 16.9 Å². The number of anilines is 1. The van der Waals surface area contributed by atoms with Crippen molar-refractivity contribution in [3.8, 4) is 16.9 Å². The van der Waals surface area contributed by atoms with Crippen LogP contribution in [0.5, 0.6) is 0 Å². The summed E-state index contributed by atoms with van der Waals surface area (Å²) in [4.78, 5) is 17.1. The molecule has 0 bridgehead atoms. The van der Waals surface area contributed by atoms with Crippen molar-refractivity contribution < 1.29 is 9.18 Å². The second-order valence-electron chi connectivity index (χ2n) is 6.94. The summed E-state index contributed by atoms with van der Waals surface area (Å²) in [5.74, 6) is -0.391. The van der Waals surface area contributed by atoms with E-state index in [4.69, 9.17) is 11.6 Å². The molecule has 0 saturated heterocycles. The number of thioether (sulfide) groups is 1. The van der Waals surface area contributed by atoms with Crippen molar-refractivity contribution in [2.75, 3.05) is 11.1 Å². The quantitative estimate of drug-likeness (QED) is 0.346. The number of aromatic nitrogens is 2. The van der Waals surface area contributed by atoms with Gasteiger partial charge in [-0.2, -0.15) is 0 Å². The summed E-state index contributed by atoms with van der Waals surface area (Å²) >= 11 is 7.24. The van der Waals surface area contributed by atoms with Gasteiger partial charge in [0.15, 0.2) is 5.16 Å². The van der Waals surface area contributed by atoms with Crippen molar-refractivity contribution in [2.45, 2.75) is 12.1 Å². The van der Waals surface area contributed by atoms with Crippen LogP contribution in [0.3, 0.4) is 0 Å². The lowest BCUT2D eigenvalue weighted by molar-refractivity contribution is -0.113. The minimum absolute atomic E-state index is 0.138. The van der Waals surface area contributed by atoms with Gasteiger partial charge in [0, 0.05) is 22.5 Å². The first-order chi connectivity index (χ1) is 15.0. The van der Waals surface area contributed by atoms with E-state index in [1.807, 2.05) is 43.3 Å². The van der Waals surface area contributed by atoms with Gasteiger partial charge in [0.1, 0.15) is 5.82 Å². The molecule has 1 N–H and O–H groups in total. The van der Waals surface area contributed by atoms with Crippen LogP contribution in [0.2, 0.25) is 5.02 Å². The van der Waals surface area contributed by atoms with E-state index < -0.39 is 0 Å². The van der Waals surface area contributed by atoms with Crippen LogP contribution >= 0.6 is 23.4 Å². The second-order valence-corrected chi connectivity index (χ2v) is 8.32. The Kier molecular flexibility index (Phi) is 6.39. The van der Waals surface area contributed by atoms with E-state index in [1.165, 1.54) is 17.8 Å². The third-order valence-corrected chi connectivity index (χ3v) is 5.80. The summed E-state index contributed by atoms with van der Waals surface area (Å²) in [7, 11) is 0. The van der Waals surface area contributed by atoms with Gasteiger partial charge in [-0.3, -0.25) is 9.36 Å². The van der Waals surface area contributed by atoms with E-state index in [2.05, 4.69) is 10.3 Å². The van der Waals surface area contributed by atoms with Crippen molar-refractivity contribution in [1.82, 2.24) is 9.55 Å². The molecule has 4 aromatic rings. The highest BCUT2D eigenvalue weighted by atomic mass is 35.5. The fourth-order valence-corrected chi connectivity index (χ4v) is 3.92. The molecule has 0 aliphatic carbocycles. The number of hydrogen-bond acceptors (Lipinski definition) is 3. The van der Waals surface area contributed by atoms with Crippen LogP contribution in [-0.2, 0) is 4.79 Å². The van der Waals surface area contributed by atoms with Gasteiger partial charge < -0.3 is 5.32 Å². The topological polar surface area (TPSA) is 46.9 Å². The number of nitrogens with zero attached hydrogens (tertiary/aromatic N) is 2. The maximum Gasteiger partial charge on any atom is 0.234 e. The predicted molar refractivity (Wildman–Crippen MR) is 125 cm³/mol. The van der Waals surface area contributed by atoms with E-state index >= 15 is 0 Å². The van der Waals surface area contributed by atoms with E-state index in [1.54, 1.807) is 41.1 Å². The number of para-hydroxylation sites is 1. The van der Waals surface area contributed by atoms with Crippen LogP contribution in [-0.4, -0.2) is 21.2 Å². The standard InChI is InChI=1S/C24H19ClFN3OS/c1-16-6-12-19(13-7-16)27-23(30)15-31-24-28-21(17-8-10-18(25)11-9-17)14-29(24)22-5-3-2-4-20(22)26/h2-14H,15H2,1H3,(H,27,30). The molecule has 7 heteroatoms. The van der Waals surface area contributed by atoms with E-state index in [-0.39, 0.29) is 17.5 Å². The molecule has 0 saturated carbocycles. The smallest absolute Gasteiger partial charge is 0.234 e. The number of carbonyl (C=O) groups is 1. The average Bonchev–Trinajstić information content (AvgIpc) is 3.19. The summed E-state index contributed by atoms with van der Waals surface area (Å²) in [6.45, 7) is 1.99. The summed E-state index contributed by atoms with van der Waals surface area (Å²) in [6.07, 6.45) is 1.77. The molecule has 1 amide bonds. The number of benzene rings is 3. The molecule has 31 heavy (non-hydrogen) atoms. The normalized spacial score (nSPS) is 10.8. The lowest BCUT2D eigenvalue weighted by Crippen LogP contribution is -2.14. The number of nitrogens with one attached hydrogen (secondary N) is 1. The predicted octanol–water partition coefficient (Wildman–Crippen LogP) is 6.37. The van der Waals surface area contributed by atoms with E-state index in [9.17, 15) is 9.18 Å². The third kappa shape index (κ3) is 5.16. The summed E-state index contributed by atoms with van der Waals surface area (Å²) < 4.78 is 16.2. The summed E-state index contributed by atoms with van der Waals surface area (Å²) in [5.41, 5.74) is 3.74. The maximum atomic E-state index is 14.5. The van der Waals surface area contributed by atoms with Crippen molar-refractivity contribution >= 4 is 35.0 Å². The molecule has 0 aliphatic rings. The van der Waals surface area contributed by atoms with Crippen LogP contribution in [0.15, 0.2) is 84.1 Å². The van der Waals surface area contributed by atoms with Gasteiger partial charge in [-0.15, -0.1) is 0 Å². The van der Waals surface area contributed by atoms with Gasteiger partial charge in [0.25, 0.3) is 0 Å². The minimum Gasteiger partial charge on any atom is -0.325 e. The Hall–Kier alpha value is -3.09. The van der Waals surface area contributed by atoms with Crippen LogP contribution in [0.1, 0.15) is 5.56 Å². The molecular formula is C24H19ClFN3OS. The molecular weight excluding hydrogens is 433 g/mol. The van der Waals surface area contributed by atoms with Crippen LogP contribution in [0, 0.1) is 12.7 Å². The molecule has 0 fully saturated rings. The highest BCUT2D eigenvalue weighted by molar-refractivity contribution is 7.99. The summed E-state index contributed by atoms with van der Waals surface area (Å²) in [6, 6.07) is 21.3. The molecule has 4 nitrogen and oxygen atoms in total. The lowest BCUT2D eigenvalue weighted by atomic mass is 10.2. The average molecular weight is 452 g/mol. The maximum absolute atomic E-state index is 14.5. The molecule has 0 spiro atoms. The molecule has 0 radical (unpaired) electrons. The van der Waals surface area contributed by atoms with Crippen LogP contribution < -0.4 is 5.32 Å². The first-order valence-electron chi connectivity index (χ1n) is 9.59. The highest BCUT2D eigenvalue weighted by Crippen LogP contribution is 2.29. The number of halogens is 2. The number of rotatable bonds is 6. The SMILES string of the molecule is Cc1ccc(NC(=O)CSc2nc(-c3ccc(Cl)cc3)cn2-c2ccccc2F)cc1. The zero-order valence-electron chi connectivity index (χ0n) is 16.7. The molecule has 0 aliphatic heterocycles. The van der Waals surface area contributed by atoms with Gasteiger partial charge in [-0.1, -0.05) is 65.3 Å². The molecule has 0 atom stereocenters. The Balaban J connectivity index is 1.59. The third-order valence-electron chi connectivity index (χ3n) is 4.59. The van der Waals surface area contributed by atoms with Crippen molar-refractivity contribution in [3.63, 3.8) is 0 Å². The highest BCUT2D eigenvalue weighted by Gasteiger charge is 2.16. The number of hydrogen-bond donors (Lipinski definition) is 1. The number of imidazole rings is 1. The Morgan fingerprint density at radius 3 is 2.48 bits per heavy atom. The molecule has 4 rings (SSSR count). The number of carbonyl (C=O) groups excluding carboxylic acids is 1. The van der Waals surface area contributed by atoms with Gasteiger partial charge >= 0.3 is 0 Å². The molecule has 1 aromatic heterocycles. The van der Waals surface area contributed by atoms with Gasteiger partial charge in [0.05, 0.1) is 17.1 Å². The van der Waals surface area contributed by atoms with E-state index in [0.29, 0.717) is 21.6 Å². The zero-order chi connectivity index (χ0) is 21.8. The lowest BCUT2D eigenvalue weighted by Gasteiger charge is -2.09. The molecule has 3 aromatic carbocycles. The Bertz CT molecular complexity index is 1210. The Labute approximate surface area is 189 Å². The first-order valence-corrected chi connectivity index (χ1v) is 11.0. The molecule has 0 unspecified atom stereocenters. The van der Waals surface area contributed by atoms with Crippen molar-refractivity contribution in [3.05, 3.63) is 95.4 Å². The fraction of sp³-hybridized carbons (Fsp3) is 0.0833. The monoisotopic (exact) mass is 451 g/mol. The Morgan fingerprint density at radius 1 is 1.06 bits per heavy atom. The van der Waals surface area contributed by atoms with Crippen LogP contribution in [0.4, 0.5) is 10.1 Å². The van der Waals surface area contributed by atoms with Crippen molar-refractivity contribution in [1.29, 1.82) is 0 Å². The summed E-state index contributed by atoms with van der Waals surface area (Å²) in [5, 5.41) is 4.02. The zero-order valence-corrected chi connectivity index (χ0v) is 18.3. The fourth-order valence-electron chi connectivity index (χ4n) is 3.01.